The number of rotatable bonds is 10. The van der Waals surface area contributed by atoms with E-state index in [9.17, 15) is 14.4 Å². The molecule has 0 aromatic heterocycles. The summed E-state index contributed by atoms with van der Waals surface area (Å²) in [7, 11) is -0.0888. The highest BCUT2D eigenvalue weighted by Crippen LogP contribution is 2.17. The fourth-order valence-electron chi connectivity index (χ4n) is 2.16. The average Bonchev–Trinajstić information content (AvgIpc) is 2.49. The van der Waals surface area contributed by atoms with Crippen molar-refractivity contribution in [3.05, 3.63) is 12.7 Å². The monoisotopic (exact) mass is 401 g/mol. The number of nitrogens with one attached hydrogen (secondary N) is 1. The van der Waals surface area contributed by atoms with Gasteiger partial charge in [0.25, 0.3) is 0 Å². The van der Waals surface area contributed by atoms with Crippen molar-refractivity contribution in [2.24, 2.45) is 5.92 Å². The molecule has 0 rings (SSSR count). The molecule has 156 valence electrons. The minimum absolute atomic E-state index is 0.0454. The highest BCUT2D eigenvalue weighted by atomic mass is 28.3. The highest BCUT2D eigenvalue weighted by Gasteiger charge is 2.31. The molecule has 0 saturated heterocycles. The molecule has 2 atom stereocenters. The summed E-state index contributed by atoms with van der Waals surface area (Å²) in [4.78, 5) is 36.6. The second-order valence-corrected chi connectivity index (χ2v) is 14.3. The maximum absolute atomic E-state index is 12.5. The predicted molar refractivity (Wildman–Crippen MR) is 107 cm³/mol. The molecule has 0 unspecified atom stereocenters. The Labute approximate surface area is 163 Å². The van der Waals surface area contributed by atoms with Crippen LogP contribution in [0.5, 0.6) is 0 Å². The smallest absolute Gasteiger partial charge is 0.408 e. The maximum Gasteiger partial charge on any atom is 0.408 e. The van der Waals surface area contributed by atoms with E-state index in [-0.39, 0.29) is 13.0 Å². The van der Waals surface area contributed by atoms with Crippen molar-refractivity contribution in [2.75, 3.05) is 13.7 Å². The Hall–Kier alpha value is -1.83. The molecular weight excluding hydrogens is 366 g/mol. The number of carbonyl (C=O) groups excluding carboxylic acids is 3. The summed E-state index contributed by atoms with van der Waals surface area (Å²) >= 11 is 0. The summed E-state index contributed by atoms with van der Waals surface area (Å²) in [5, 5.41) is 2.52. The molecule has 0 fully saturated rings. The lowest BCUT2D eigenvalue weighted by Crippen LogP contribution is -2.46. The van der Waals surface area contributed by atoms with Gasteiger partial charge in [-0.25, -0.2) is 9.59 Å². The molecule has 0 saturated carbocycles. The number of esters is 2. The third-order valence-electron chi connectivity index (χ3n) is 3.58. The zero-order chi connectivity index (χ0) is 21.3. The van der Waals surface area contributed by atoms with Gasteiger partial charge in [-0.05, 0) is 39.7 Å². The fraction of sp³-hybridized carbons (Fsp3) is 0.737. The van der Waals surface area contributed by atoms with Gasteiger partial charge >= 0.3 is 18.0 Å². The minimum atomic E-state index is -1.37. The van der Waals surface area contributed by atoms with Crippen molar-refractivity contribution in [1.82, 2.24) is 5.32 Å². The molecule has 1 amide bonds. The number of ether oxygens (including phenoxy) is 3. The normalized spacial score (nSPS) is 13.9. The summed E-state index contributed by atoms with van der Waals surface area (Å²) < 4.78 is 15.3. The van der Waals surface area contributed by atoms with Gasteiger partial charge in [0.1, 0.15) is 11.6 Å². The summed E-state index contributed by atoms with van der Waals surface area (Å²) in [6, 6.07) is -0.198. The first kappa shape index (κ1) is 25.2. The van der Waals surface area contributed by atoms with Crippen LogP contribution in [0.25, 0.3) is 0 Å². The molecule has 0 heterocycles. The third-order valence-corrected chi connectivity index (χ3v) is 5.28. The zero-order valence-corrected chi connectivity index (χ0v) is 18.7. The maximum atomic E-state index is 12.5. The molecule has 0 aliphatic heterocycles. The van der Waals surface area contributed by atoms with Crippen LogP contribution in [0, 0.1) is 5.92 Å². The Morgan fingerprint density at radius 1 is 1.15 bits per heavy atom. The average molecular weight is 402 g/mol. The van der Waals surface area contributed by atoms with E-state index in [1.54, 1.807) is 26.8 Å². The van der Waals surface area contributed by atoms with E-state index in [4.69, 9.17) is 14.2 Å². The van der Waals surface area contributed by atoms with E-state index in [0.717, 1.165) is 6.04 Å². The van der Waals surface area contributed by atoms with Crippen molar-refractivity contribution in [3.8, 4) is 0 Å². The van der Waals surface area contributed by atoms with Gasteiger partial charge in [0.05, 0.1) is 19.6 Å². The Morgan fingerprint density at radius 3 is 2.19 bits per heavy atom. The number of alkyl carbamates (subject to hydrolysis) is 1. The van der Waals surface area contributed by atoms with Crippen LogP contribution in [0.1, 0.15) is 33.6 Å². The molecular formula is C19H35NO6Si. The predicted octanol–water partition coefficient (Wildman–Crippen LogP) is 3.52. The number of hydrogen-bond acceptors (Lipinski definition) is 6. The van der Waals surface area contributed by atoms with Gasteiger partial charge in [0.15, 0.2) is 0 Å². The van der Waals surface area contributed by atoms with Crippen molar-refractivity contribution in [1.29, 1.82) is 0 Å². The van der Waals surface area contributed by atoms with E-state index in [0.29, 0.717) is 6.42 Å². The number of carbonyl (C=O) groups is 3. The molecule has 0 aromatic carbocycles. The first-order chi connectivity index (χ1) is 12.3. The highest BCUT2D eigenvalue weighted by molar-refractivity contribution is 6.76. The van der Waals surface area contributed by atoms with Gasteiger partial charge in [-0.3, -0.25) is 4.79 Å². The molecule has 0 aliphatic carbocycles. The van der Waals surface area contributed by atoms with Gasteiger partial charge in [0, 0.05) is 8.07 Å². The van der Waals surface area contributed by atoms with Crippen molar-refractivity contribution in [3.63, 3.8) is 0 Å². The van der Waals surface area contributed by atoms with Crippen LogP contribution in [-0.2, 0) is 23.8 Å². The van der Waals surface area contributed by atoms with E-state index in [1.807, 2.05) is 0 Å². The topological polar surface area (TPSA) is 90.9 Å². The second-order valence-electron chi connectivity index (χ2n) is 8.66. The summed E-state index contributed by atoms with van der Waals surface area (Å²) in [5.74, 6) is -1.67. The number of hydrogen-bond donors (Lipinski definition) is 1. The summed E-state index contributed by atoms with van der Waals surface area (Å²) in [6.45, 7) is 15.6. The van der Waals surface area contributed by atoms with Crippen LogP contribution < -0.4 is 5.32 Å². The minimum Gasteiger partial charge on any atom is -0.469 e. The second kappa shape index (κ2) is 11.1. The van der Waals surface area contributed by atoms with Crippen molar-refractivity contribution >= 4 is 26.1 Å². The Morgan fingerprint density at radius 2 is 1.74 bits per heavy atom. The standard InChI is InChI=1S/C19H35NO6Si/c1-9-10-14(16(21)24-5)13-15(20-18(23)26-19(2,3)4)17(22)25-11-12-27(6,7)8/h9,14-15H,1,10-13H2,2-8H3,(H,20,23)/t14-,15-/m0/s1. The number of amides is 1. The molecule has 0 radical (unpaired) electrons. The van der Waals surface area contributed by atoms with Gasteiger partial charge in [-0.15, -0.1) is 6.58 Å². The number of methoxy groups -OCH3 is 1. The van der Waals surface area contributed by atoms with Gasteiger partial charge in [-0.2, -0.15) is 0 Å². The molecule has 7 nitrogen and oxygen atoms in total. The summed E-state index contributed by atoms with van der Waals surface area (Å²) in [5.41, 5.74) is -0.709. The fourth-order valence-corrected chi connectivity index (χ4v) is 2.88. The van der Waals surface area contributed by atoms with Crippen molar-refractivity contribution < 1.29 is 28.6 Å². The van der Waals surface area contributed by atoms with Crippen LogP contribution in [0.2, 0.25) is 25.7 Å². The van der Waals surface area contributed by atoms with E-state index in [2.05, 4.69) is 31.5 Å². The molecule has 0 spiro atoms. The Kier molecular flexibility index (Phi) is 10.4. The first-order valence-corrected chi connectivity index (χ1v) is 12.8. The molecule has 0 aromatic rings. The van der Waals surface area contributed by atoms with E-state index < -0.39 is 43.7 Å². The third kappa shape index (κ3) is 12.2. The lowest BCUT2D eigenvalue weighted by molar-refractivity contribution is -0.149. The summed E-state index contributed by atoms with van der Waals surface area (Å²) in [6.07, 6.45) is 1.20. The zero-order valence-electron chi connectivity index (χ0n) is 17.7. The molecule has 1 N–H and O–H groups in total. The lowest BCUT2D eigenvalue weighted by atomic mass is 9.96. The van der Waals surface area contributed by atoms with Crippen molar-refractivity contribution in [2.45, 2.75) is 70.9 Å². The quantitative estimate of drug-likeness (QED) is 0.261. The van der Waals surface area contributed by atoms with Gasteiger partial charge < -0.3 is 19.5 Å². The molecule has 27 heavy (non-hydrogen) atoms. The van der Waals surface area contributed by atoms with Crippen LogP contribution in [0.3, 0.4) is 0 Å². The molecule has 8 heteroatoms. The van der Waals surface area contributed by atoms with Crippen LogP contribution >= 0.6 is 0 Å². The van der Waals surface area contributed by atoms with Crippen LogP contribution in [0.4, 0.5) is 4.79 Å². The van der Waals surface area contributed by atoms with Crippen LogP contribution in [0.15, 0.2) is 12.7 Å². The molecule has 0 aliphatic rings. The number of allylic oxidation sites excluding steroid dienone is 1. The van der Waals surface area contributed by atoms with E-state index in [1.165, 1.54) is 7.11 Å². The molecule has 0 bridgehead atoms. The lowest BCUT2D eigenvalue weighted by Gasteiger charge is -2.25. The first-order valence-electron chi connectivity index (χ1n) is 9.14. The van der Waals surface area contributed by atoms with Gasteiger partial charge in [0.2, 0.25) is 0 Å². The Balaban J connectivity index is 5.16. The van der Waals surface area contributed by atoms with Gasteiger partial charge in [-0.1, -0.05) is 25.7 Å². The van der Waals surface area contributed by atoms with E-state index >= 15 is 0 Å². The Bertz CT molecular complexity index is 521. The SMILES string of the molecule is C=CC[C@@H](C[C@H](NC(=O)OC(C)(C)C)C(=O)OCC[Si](C)(C)C)C(=O)OC. The largest absolute Gasteiger partial charge is 0.469 e. The van der Waals surface area contributed by atoms with Crippen LogP contribution in [-0.4, -0.2) is 51.5 Å².